The maximum atomic E-state index is 14.0. The number of urea groups is 1. The zero-order valence-electron chi connectivity index (χ0n) is 14.4. The first-order valence-corrected chi connectivity index (χ1v) is 9.67. The van der Waals surface area contributed by atoms with Crippen molar-refractivity contribution in [3.8, 4) is 11.5 Å². The second-order valence-corrected chi connectivity index (χ2v) is 7.61. The monoisotopic (exact) mass is 392 g/mol. The van der Waals surface area contributed by atoms with Gasteiger partial charge in [0.1, 0.15) is 11.6 Å². The molecule has 8 heteroatoms. The average molecular weight is 392 g/mol. The Morgan fingerprint density at radius 1 is 1.11 bits per heavy atom. The summed E-state index contributed by atoms with van der Waals surface area (Å²) in [5.74, 6) is 1.04. The highest BCUT2D eigenvalue weighted by Crippen LogP contribution is 2.37. The van der Waals surface area contributed by atoms with Gasteiger partial charge in [0, 0.05) is 41.4 Å². The number of anilines is 1. The van der Waals surface area contributed by atoms with Gasteiger partial charge >= 0.3 is 6.03 Å². The Morgan fingerprint density at radius 2 is 1.96 bits per heavy atom. The predicted molar refractivity (Wildman–Crippen MR) is 99.3 cm³/mol. The van der Waals surface area contributed by atoms with Crippen LogP contribution in [-0.4, -0.2) is 36.6 Å². The minimum absolute atomic E-state index is 0.175. The number of hydrogen-bond donors (Lipinski definition) is 1. The summed E-state index contributed by atoms with van der Waals surface area (Å²) in [5.41, 5.74) is 0.979. The van der Waals surface area contributed by atoms with E-state index in [1.165, 1.54) is 17.8 Å². The van der Waals surface area contributed by atoms with Crippen LogP contribution in [0.25, 0.3) is 0 Å². The summed E-state index contributed by atoms with van der Waals surface area (Å²) in [6, 6.07) is 8.51. The fraction of sp³-hybridized carbons (Fsp3) is 0.316. The van der Waals surface area contributed by atoms with E-state index in [0.29, 0.717) is 48.0 Å². The minimum Gasteiger partial charge on any atom is -0.454 e. The molecule has 2 aliphatic heterocycles. The van der Waals surface area contributed by atoms with E-state index in [-0.39, 0.29) is 18.1 Å². The van der Waals surface area contributed by atoms with Crippen LogP contribution in [-0.2, 0) is 0 Å². The molecule has 0 bridgehead atoms. The number of halogens is 2. The highest BCUT2D eigenvalue weighted by Gasteiger charge is 2.24. The molecular weight excluding hydrogens is 374 g/mol. The lowest BCUT2D eigenvalue weighted by Gasteiger charge is -2.21. The van der Waals surface area contributed by atoms with Crippen molar-refractivity contribution in [3.05, 3.63) is 53.6 Å². The molecule has 0 saturated carbocycles. The number of thioether (sulfide) groups is 1. The number of benzene rings is 2. The van der Waals surface area contributed by atoms with E-state index < -0.39 is 11.6 Å². The van der Waals surface area contributed by atoms with Gasteiger partial charge in [-0.1, -0.05) is 0 Å². The van der Waals surface area contributed by atoms with Crippen LogP contribution >= 0.6 is 11.8 Å². The summed E-state index contributed by atoms with van der Waals surface area (Å²) in [7, 11) is 0. The molecule has 142 valence electrons. The largest absolute Gasteiger partial charge is 0.454 e. The molecule has 0 spiro atoms. The Balaban J connectivity index is 1.40. The Hall–Kier alpha value is -2.48. The maximum Gasteiger partial charge on any atom is 0.321 e. The second-order valence-electron chi connectivity index (χ2n) is 6.30. The summed E-state index contributed by atoms with van der Waals surface area (Å²) < 4.78 is 38.1. The first kappa shape index (κ1) is 17.9. The van der Waals surface area contributed by atoms with Gasteiger partial charge in [0.2, 0.25) is 6.79 Å². The lowest BCUT2D eigenvalue weighted by molar-refractivity contribution is 0.174. The van der Waals surface area contributed by atoms with Crippen LogP contribution in [0.4, 0.5) is 19.3 Å². The Kier molecular flexibility index (Phi) is 5.07. The summed E-state index contributed by atoms with van der Waals surface area (Å²) in [6.07, 6.45) is 0.555. The Morgan fingerprint density at radius 3 is 2.85 bits per heavy atom. The number of nitrogens with one attached hydrogen (secondary N) is 1. The number of carbonyl (C=O) groups is 1. The summed E-state index contributed by atoms with van der Waals surface area (Å²) in [6.45, 7) is 1.17. The molecule has 2 aromatic rings. The molecule has 2 heterocycles. The van der Waals surface area contributed by atoms with Crippen LogP contribution in [0.3, 0.4) is 0 Å². The Labute approximate surface area is 159 Å². The highest BCUT2D eigenvalue weighted by atomic mass is 32.2. The number of carbonyl (C=O) groups excluding carboxylic acids is 1. The van der Waals surface area contributed by atoms with E-state index in [4.69, 9.17) is 9.47 Å². The number of nitrogens with zero attached hydrogens (tertiary/aromatic N) is 1. The molecule has 1 fully saturated rings. The van der Waals surface area contributed by atoms with Gasteiger partial charge in [-0.3, -0.25) is 0 Å². The third-order valence-corrected chi connectivity index (χ3v) is 5.87. The molecule has 2 aliphatic rings. The summed E-state index contributed by atoms with van der Waals surface area (Å²) >= 11 is 1.54. The molecule has 27 heavy (non-hydrogen) atoms. The van der Waals surface area contributed by atoms with E-state index in [0.717, 1.165) is 12.1 Å². The number of hydrogen-bond acceptors (Lipinski definition) is 4. The number of fused-ring (bicyclic) bond motifs is 1. The number of ether oxygens (including phenoxy) is 2. The van der Waals surface area contributed by atoms with E-state index in [1.54, 1.807) is 23.1 Å². The molecule has 2 aromatic carbocycles. The summed E-state index contributed by atoms with van der Waals surface area (Å²) in [5, 5.41) is 2.68. The normalized spacial score (nSPS) is 18.9. The second kappa shape index (κ2) is 7.64. The van der Waals surface area contributed by atoms with E-state index in [1.807, 2.05) is 0 Å². The van der Waals surface area contributed by atoms with Gasteiger partial charge in [0.15, 0.2) is 11.5 Å². The van der Waals surface area contributed by atoms with Gasteiger partial charge in [0.25, 0.3) is 0 Å². The highest BCUT2D eigenvalue weighted by molar-refractivity contribution is 7.99. The minimum atomic E-state index is -0.450. The average Bonchev–Trinajstić information content (AvgIpc) is 2.98. The first-order chi connectivity index (χ1) is 13.1. The fourth-order valence-electron chi connectivity index (χ4n) is 3.16. The molecule has 1 saturated heterocycles. The number of amides is 2. The quantitative estimate of drug-likeness (QED) is 0.823. The zero-order chi connectivity index (χ0) is 18.8. The molecule has 1 unspecified atom stereocenters. The van der Waals surface area contributed by atoms with Crippen molar-refractivity contribution in [2.45, 2.75) is 11.7 Å². The molecule has 1 atom stereocenters. The molecule has 0 aromatic heterocycles. The van der Waals surface area contributed by atoms with Gasteiger partial charge in [-0.05, 0) is 36.8 Å². The SMILES string of the molecule is O=C(Nc1ccc2c(c1)OCO2)N1CCSC(c2cc(F)ccc2F)CC1. The third-order valence-electron chi connectivity index (χ3n) is 4.56. The fourth-order valence-corrected chi connectivity index (χ4v) is 4.40. The van der Waals surface area contributed by atoms with Crippen molar-refractivity contribution >= 4 is 23.5 Å². The number of rotatable bonds is 2. The van der Waals surface area contributed by atoms with Crippen molar-refractivity contribution in [1.29, 1.82) is 0 Å². The van der Waals surface area contributed by atoms with Crippen molar-refractivity contribution in [2.75, 3.05) is 31.0 Å². The molecule has 0 aliphatic carbocycles. The van der Waals surface area contributed by atoms with Crippen LogP contribution in [0.1, 0.15) is 17.2 Å². The molecule has 5 nitrogen and oxygen atoms in total. The van der Waals surface area contributed by atoms with E-state index >= 15 is 0 Å². The van der Waals surface area contributed by atoms with Gasteiger partial charge < -0.3 is 19.7 Å². The van der Waals surface area contributed by atoms with Crippen LogP contribution in [0, 0.1) is 11.6 Å². The molecule has 4 rings (SSSR count). The smallest absolute Gasteiger partial charge is 0.321 e. The van der Waals surface area contributed by atoms with E-state index in [2.05, 4.69) is 5.32 Å². The van der Waals surface area contributed by atoms with Crippen LogP contribution in [0.5, 0.6) is 11.5 Å². The van der Waals surface area contributed by atoms with Crippen LogP contribution in [0.2, 0.25) is 0 Å². The van der Waals surface area contributed by atoms with Crippen LogP contribution < -0.4 is 14.8 Å². The Bertz CT molecular complexity index is 865. The van der Waals surface area contributed by atoms with Gasteiger partial charge in [-0.15, -0.1) is 0 Å². The van der Waals surface area contributed by atoms with Crippen LogP contribution in [0.15, 0.2) is 36.4 Å². The topological polar surface area (TPSA) is 50.8 Å². The maximum absolute atomic E-state index is 14.0. The lowest BCUT2D eigenvalue weighted by Crippen LogP contribution is -2.36. The third kappa shape index (κ3) is 3.95. The van der Waals surface area contributed by atoms with Crippen molar-refractivity contribution < 1.29 is 23.0 Å². The van der Waals surface area contributed by atoms with Crippen molar-refractivity contribution in [1.82, 2.24) is 4.90 Å². The predicted octanol–water partition coefficient (Wildman–Crippen LogP) is 4.41. The van der Waals surface area contributed by atoms with Crippen molar-refractivity contribution in [3.63, 3.8) is 0 Å². The van der Waals surface area contributed by atoms with Crippen molar-refractivity contribution in [2.24, 2.45) is 0 Å². The summed E-state index contributed by atoms with van der Waals surface area (Å²) in [4.78, 5) is 14.3. The molecular formula is C19H18F2N2O3S. The lowest BCUT2D eigenvalue weighted by atomic mass is 10.1. The first-order valence-electron chi connectivity index (χ1n) is 8.62. The standard InChI is InChI=1S/C19H18F2N2O3S/c20-12-1-3-15(21)14(9-12)18-5-6-23(7-8-27-18)19(24)22-13-2-4-16-17(10-13)26-11-25-16/h1-4,9-10,18H,5-8,11H2,(H,22,24). The molecule has 0 radical (unpaired) electrons. The zero-order valence-corrected chi connectivity index (χ0v) is 15.2. The van der Waals surface area contributed by atoms with Gasteiger partial charge in [0.05, 0.1) is 0 Å². The van der Waals surface area contributed by atoms with Gasteiger partial charge in [-0.25, -0.2) is 13.6 Å². The molecule has 1 N–H and O–H groups in total. The van der Waals surface area contributed by atoms with Gasteiger partial charge in [-0.2, -0.15) is 11.8 Å². The van der Waals surface area contributed by atoms with E-state index in [9.17, 15) is 13.6 Å². The molecule has 2 amide bonds.